The minimum Gasteiger partial charge on any atom is -0.491 e. The lowest BCUT2D eigenvalue weighted by Gasteiger charge is -2.12. The maximum absolute atomic E-state index is 11.1. The van der Waals surface area contributed by atoms with Crippen molar-refractivity contribution in [3.05, 3.63) is 28.8 Å². The van der Waals surface area contributed by atoms with Crippen LogP contribution in [0.15, 0.2) is 12.1 Å². The number of hydrogen-bond acceptors (Lipinski definition) is 3. The number of rotatable bonds is 5. The maximum Gasteiger partial charge on any atom is 0.339 e. The summed E-state index contributed by atoms with van der Waals surface area (Å²) in [4.78, 5) is 11.1. The second-order valence-electron chi connectivity index (χ2n) is 3.60. The van der Waals surface area contributed by atoms with E-state index in [1.165, 1.54) is 6.07 Å². The van der Waals surface area contributed by atoms with E-state index in [1.54, 1.807) is 6.07 Å². The Balaban J connectivity index is 3.34. The second kappa shape index (κ2) is 5.90. The third-order valence-corrected chi connectivity index (χ3v) is 2.42. The van der Waals surface area contributed by atoms with Crippen LogP contribution < -0.4 is 4.74 Å². The lowest BCUT2D eigenvalue weighted by atomic mass is 10.0. The van der Waals surface area contributed by atoms with Crippen LogP contribution in [0, 0.1) is 11.3 Å². The van der Waals surface area contributed by atoms with E-state index in [0.717, 1.165) is 12.0 Å². The van der Waals surface area contributed by atoms with Crippen LogP contribution in [0.25, 0.3) is 0 Å². The van der Waals surface area contributed by atoms with Gasteiger partial charge in [-0.05, 0) is 24.5 Å². The Bertz CT molecular complexity index is 460. The molecular formula is C13H15NO3. The fourth-order valence-corrected chi connectivity index (χ4v) is 1.56. The van der Waals surface area contributed by atoms with Gasteiger partial charge in [-0.25, -0.2) is 4.79 Å². The van der Waals surface area contributed by atoms with Gasteiger partial charge >= 0.3 is 5.97 Å². The molecule has 1 rings (SSSR count). The van der Waals surface area contributed by atoms with Crippen molar-refractivity contribution >= 4 is 5.97 Å². The second-order valence-corrected chi connectivity index (χ2v) is 3.60. The molecule has 1 N–H and O–H groups in total. The number of ether oxygens (including phenoxy) is 1. The molecule has 0 bridgehead atoms. The van der Waals surface area contributed by atoms with Gasteiger partial charge < -0.3 is 9.84 Å². The number of aryl methyl sites for hydroxylation is 1. The molecule has 0 unspecified atom stereocenters. The zero-order chi connectivity index (χ0) is 12.8. The van der Waals surface area contributed by atoms with E-state index >= 15 is 0 Å². The molecule has 0 fully saturated rings. The molecule has 0 aliphatic heterocycles. The molecule has 0 heterocycles. The van der Waals surface area contributed by atoms with Crippen molar-refractivity contribution in [1.29, 1.82) is 5.26 Å². The van der Waals surface area contributed by atoms with Crippen molar-refractivity contribution in [1.82, 2.24) is 0 Å². The van der Waals surface area contributed by atoms with Crippen LogP contribution in [0.2, 0.25) is 0 Å². The average Bonchev–Trinajstić information content (AvgIpc) is 2.34. The molecule has 1 aromatic carbocycles. The fraction of sp³-hybridized carbons (Fsp3) is 0.385. The first kappa shape index (κ1) is 13.0. The number of carboxylic acids is 1. The minimum absolute atomic E-state index is 0.0483. The molecule has 4 heteroatoms. The number of carboxylic acid groups (broad SMARTS) is 1. The van der Waals surface area contributed by atoms with Crippen LogP contribution >= 0.6 is 0 Å². The van der Waals surface area contributed by atoms with Crippen LogP contribution in [0.4, 0.5) is 0 Å². The average molecular weight is 233 g/mol. The maximum atomic E-state index is 11.1. The Morgan fingerprint density at radius 3 is 2.65 bits per heavy atom. The van der Waals surface area contributed by atoms with Crippen LogP contribution in [-0.4, -0.2) is 17.7 Å². The van der Waals surface area contributed by atoms with Gasteiger partial charge in [-0.3, -0.25) is 0 Å². The molecule has 0 saturated carbocycles. The Morgan fingerprint density at radius 2 is 2.18 bits per heavy atom. The van der Waals surface area contributed by atoms with Crippen molar-refractivity contribution in [3.63, 3.8) is 0 Å². The van der Waals surface area contributed by atoms with Gasteiger partial charge in [-0.1, -0.05) is 19.9 Å². The van der Waals surface area contributed by atoms with Gasteiger partial charge in [0.2, 0.25) is 0 Å². The molecule has 4 nitrogen and oxygen atoms in total. The molecule has 0 aromatic heterocycles. The number of aromatic carboxylic acids is 1. The van der Waals surface area contributed by atoms with E-state index in [2.05, 4.69) is 0 Å². The van der Waals surface area contributed by atoms with Crippen LogP contribution in [0.3, 0.4) is 0 Å². The molecular weight excluding hydrogens is 218 g/mol. The van der Waals surface area contributed by atoms with Crippen molar-refractivity contribution in [2.24, 2.45) is 0 Å². The molecule has 0 saturated heterocycles. The van der Waals surface area contributed by atoms with Gasteiger partial charge in [0.1, 0.15) is 11.6 Å². The molecule has 90 valence electrons. The normalized spacial score (nSPS) is 9.71. The third kappa shape index (κ3) is 2.76. The largest absolute Gasteiger partial charge is 0.491 e. The van der Waals surface area contributed by atoms with Crippen LogP contribution in [-0.2, 0) is 6.42 Å². The van der Waals surface area contributed by atoms with E-state index in [9.17, 15) is 4.79 Å². The summed E-state index contributed by atoms with van der Waals surface area (Å²) in [5, 5.41) is 18.2. The molecule has 1 aromatic rings. The van der Waals surface area contributed by atoms with Crippen molar-refractivity contribution in [2.45, 2.75) is 26.7 Å². The molecule has 0 spiro atoms. The SMILES string of the molecule is CCCOc1c(C(=O)O)ccc(CC)c1C#N. The predicted molar refractivity (Wildman–Crippen MR) is 63.3 cm³/mol. The lowest BCUT2D eigenvalue weighted by molar-refractivity contribution is 0.0692. The molecule has 0 radical (unpaired) electrons. The summed E-state index contributed by atoms with van der Waals surface area (Å²) >= 11 is 0. The van der Waals surface area contributed by atoms with Gasteiger partial charge in [0.05, 0.1) is 12.2 Å². The van der Waals surface area contributed by atoms with Gasteiger partial charge in [0.15, 0.2) is 5.75 Å². The quantitative estimate of drug-likeness (QED) is 0.848. The highest BCUT2D eigenvalue weighted by atomic mass is 16.5. The number of benzene rings is 1. The van der Waals surface area contributed by atoms with Gasteiger partial charge in [0, 0.05) is 0 Å². The molecule has 0 atom stereocenters. The molecule has 0 aliphatic carbocycles. The monoisotopic (exact) mass is 233 g/mol. The van der Waals surface area contributed by atoms with E-state index in [0.29, 0.717) is 18.6 Å². The smallest absolute Gasteiger partial charge is 0.339 e. The zero-order valence-corrected chi connectivity index (χ0v) is 9.99. The Hall–Kier alpha value is -2.02. The summed E-state index contributed by atoms with van der Waals surface area (Å²) in [5.41, 5.74) is 1.19. The number of carbonyl (C=O) groups is 1. The highest BCUT2D eigenvalue weighted by Crippen LogP contribution is 2.27. The lowest BCUT2D eigenvalue weighted by Crippen LogP contribution is -2.07. The van der Waals surface area contributed by atoms with Crippen molar-refractivity contribution < 1.29 is 14.6 Å². The first-order valence-electron chi connectivity index (χ1n) is 5.57. The fourth-order valence-electron chi connectivity index (χ4n) is 1.56. The summed E-state index contributed by atoms with van der Waals surface area (Å²) in [7, 11) is 0. The summed E-state index contributed by atoms with van der Waals surface area (Å²) < 4.78 is 5.41. The molecule has 17 heavy (non-hydrogen) atoms. The Labute approximate surface area is 100 Å². The van der Waals surface area contributed by atoms with E-state index in [1.807, 2.05) is 19.9 Å². The van der Waals surface area contributed by atoms with Crippen molar-refractivity contribution in [3.8, 4) is 11.8 Å². The molecule has 0 amide bonds. The number of nitriles is 1. The first-order valence-corrected chi connectivity index (χ1v) is 5.57. The van der Waals surface area contributed by atoms with Gasteiger partial charge in [-0.2, -0.15) is 5.26 Å². The Kier molecular flexibility index (Phi) is 4.53. The first-order chi connectivity index (χ1) is 8.15. The number of nitrogens with zero attached hydrogens (tertiary/aromatic N) is 1. The highest BCUT2D eigenvalue weighted by molar-refractivity contribution is 5.92. The zero-order valence-electron chi connectivity index (χ0n) is 9.99. The third-order valence-electron chi connectivity index (χ3n) is 2.42. The summed E-state index contributed by atoms with van der Waals surface area (Å²) in [5.74, 6) is -0.878. The van der Waals surface area contributed by atoms with E-state index in [-0.39, 0.29) is 11.3 Å². The van der Waals surface area contributed by atoms with Crippen LogP contribution in [0.5, 0.6) is 5.75 Å². The standard InChI is InChI=1S/C13H15NO3/c1-3-7-17-12-10(13(15)16)6-5-9(4-2)11(12)8-14/h5-6H,3-4,7H2,1-2H3,(H,15,16). The summed E-state index contributed by atoms with van der Waals surface area (Å²) in [6.07, 6.45) is 1.44. The van der Waals surface area contributed by atoms with Gasteiger partial charge in [0.25, 0.3) is 0 Å². The highest BCUT2D eigenvalue weighted by Gasteiger charge is 2.18. The van der Waals surface area contributed by atoms with Crippen molar-refractivity contribution in [2.75, 3.05) is 6.61 Å². The predicted octanol–water partition coefficient (Wildman–Crippen LogP) is 2.61. The van der Waals surface area contributed by atoms with E-state index in [4.69, 9.17) is 15.1 Å². The summed E-state index contributed by atoms with van der Waals surface area (Å²) in [6, 6.07) is 5.19. The van der Waals surface area contributed by atoms with Crippen LogP contribution in [0.1, 0.15) is 41.8 Å². The summed E-state index contributed by atoms with van der Waals surface area (Å²) in [6.45, 7) is 4.25. The Morgan fingerprint density at radius 1 is 1.47 bits per heavy atom. The van der Waals surface area contributed by atoms with Gasteiger partial charge in [-0.15, -0.1) is 0 Å². The van der Waals surface area contributed by atoms with E-state index < -0.39 is 5.97 Å². The topological polar surface area (TPSA) is 70.3 Å². The molecule has 0 aliphatic rings. The minimum atomic E-state index is -1.07. The number of hydrogen-bond donors (Lipinski definition) is 1.